The quantitative estimate of drug-likeness (QED) is 0.874. The molecule has 0 radical (unpaired) electrons. The molecule has 0 aliphatic carbocycles. The number of methoxy groups -OCH3 is 1. The monoisotopic (exact) mass is 326 g/mol. The van der Waals surface area contributed by atoms with Gasteiger partial charge in [-0.3, -0.25) is 0 Å². The van der Waals surface area contributed by atoms with Gasteiger partial charge < -0.3 is 19.7 Å². The van der Waals surface area contributed by atoms with Crippen molar-refractivity contribution in [3.8, 4) is 5.75 Å². The van der Waals surface area contributed by atoms with E-state index in [4.69, 9.17) is 21.1 Å². The van der Waals surface area contributed by atoms with Crippen LogP contribution in [0.25, 0.3) is 0 Å². The summed E-state index contributed by atoms with van der Waals surface area (Å²) in [6.07, 6.45) is 1.70. The van der Waals surface area contributed by atoms with Gasteiger partial charge in [-0.05, 0) is 36.6 Å². The lowest BCUT2D eigenvalue weighted by Gasteiger charge is -2.21. The number of hydrogen-bond donors (Lipinski definition) is 1. The van der Waals surface area contributed by atoms with Crippen LogP contribution in [-0.2, 0) is 11.2 Å². The van der Waals surface area contributed by atoms with E-state index in [0.29, 0.717) is 23.9 Å². The fourth-order valence-corrected chi connectivity index (χ4v) is 2.77. The van der Waals surface area contributed by atoms with E-state index in [1.54, 1.807) is 18.1 Å². The number of rotatable bonds is 6. The summed E-state index contributed by atoms with van der Waals surface area (Å²) < 4.78 is 10.6. The van der Waals surface area contributed by atoms with Gasteiger partial charge in [-0.15, -0.1) is 0 Å². The van der Waals surface area contributed by atoms with E-state index >= 15 is 0 Å². The highest BCUT2D eigenvalue weighted by Crippen LogP contribution is 2.22. The Morgan fingerprint density at radius 1 is 1.55 bits per heavy atom. The summed E-state index contributed by atoms with van der Waals surface area (Å²) >= 11 is 6.00. The minimum atomic E-state index is -0.0621. The fourth-order valence-electron chi connectivity index (χ4n) is 2.58. The third-order valence-corrected chi connectivity index (χ3v) is 4.05. The van der Waals surface area contributed by atoms with Gasteiger partial charge in [0.1, 0.15) is 5.75 Å². The Bertz CT molecular complexity index is 504. The zero-order valence-corrected chi connectivity index (χ0v) is 13.9. The Morgan fingerprint density at radius 3 is 3.05 bits per heavy atom. The molecule has 122 valence electrons. The fraction of sp³-hybridized carbons (Fsp3) is 0.562. The molecule has 2 rings (SSSR count). The Morgan fingerprint density at radius 2 is 2.36 bits per heavy atom. The number of urea groups is 1. The first-order valence-electron chi connectivity index (χ1n) is 7.49. The number of hydrogen-bond acceptors (Lipinski definition) is 3. The molecule has 1 N–H and O–H groups in total. The van der Waals surface area contributed by atoms with Crippen LogP contribution in [0.5, 0.6) is 5.75 Å². The summed E-state index contributed by atoms with van der Waals surface area (Å²) in [5.74, 6) is 1.24. The zero-order chi connectivity index (χ0) is 15.9. The van der Waals surface area contributed by atoms with Crippen LogP contribution in [0.2, 0.25) is 5.02 Å². The molecule has 1 saturated heterocycles. The second-order valence-electron chi connectivity index (χ2n) is 5.55. The molecule has 1 aliphatic rings. The molecule has 5 nitrogen and oxygen atoms in total. The number of carbonyl (C=O) groups is 1. The van der Waals surface area contributed by atoms with Crippen molar-refractivity contribution in [2.75, 3.05) is 40.5 Å². The van der Waals surface area contributed by atoms with Crippen molar-refractivity contribution >= 4 is 17.6 Å². The molecular formula is C16H23ClN2O3. The molecule has 1 fully saturated rings. The van der Waals surface area contributed by atoms with Crippen molar-refractivity contribution in [2.45, 2.75) is 12.8 Å². The van der Waals surface area contributed by atoms with E-state index in [2.05, 4.69) is 5.32 Å². The maximum Gasteiger partial charge on any atom is 0.317 e. The Balaban J connectivity index is 1.77. The second-order valence-corrected chi connectivity index (χ2v) is 5.98. The highest BCUT2D eigenvalue weighted by Gasteiger charge is 2.19. The van der Waals surface area contributed by atoms with Crippen molar-refractivity contribution in [3.63, 3.8) is 0 Å². The maximum atomic E-state index is 12.1. The Labute approximate surface area is 136 Å². The van der Waals surface area contributed by atoms with Crippen LogP contribution in [0.1, 0.15) is 12.0 Å². The number of benzene rings is 1. The summed E-state index contributed by atoms with van der Waals surface area (Å²) in [5.41, 5.74) is 0.988. The molecule has 0 bridgehead atoms. The SMILES string of the molecule is COc1ccc(Cl)cc1CCNC(=O)N(C)C[C@H]1CCOC1. The number of carbonyl (C=O) groups excluding carboxylic acids is 1. The molecule has 1 aliphatic heterocycles. The normalized spacial score (nSPS) is 17.3. The van der Waals surface area contributed by atoms with Crippen LogP contribution in [0.15, 0.2) is 18.2 Å². The van der Waals surface area contributed by atoms with Crippen LogP contribution in [0, 0.1) is 5.92 Å². The van der Waals surface area contributed by atoms with Gasteiger partial charge in [-0.25, -0.2) is 4.79 Å². The first-order valence-corrected chi connectivity index (χ1v) is 7.87. The summed E-state index contributed by atoms with van der Waals surface area (Å²) in [6, 6.07) is 5.44. The van der Waals surface area contributed by atoms with Crippen LogP contribution in [0.4, 0.5) is 4.79 Å². The molecule has 1 aromatic rings. The summed E-state index contributed by atoms with van der Waals surface area (Å²) in [7, 11) is 3.44. The largest absolute Gasteiger partial charge is 0.496 e. The number of nitrogens with one attached hydrogen (secondary N) is 1. The van der Waals surface area contributed by atoms with Crippen LogP contribution < -0.4 is 10.1 Å². The van der Waals surface area contributed by atoms with Gasteiger partial charge in [0.25, 0.3) is 0 Å². The number of halogens is 1. The van der Waals surface area contributed by atoms with E-state index in [-0.39, 0.29) is 6.03 Å². The number of amides is 2. The minimum absolute atomic E-state index is 0.0621. The molecule has 2 amide bonds. The smallest absolute Gasteiger partial charge is 0.317 e. The van der Waals surface area contributed by atoms with Crippen molar-refractivity contribution in [1.29, 1.82) is 0 Å². The van der Waals surface area contributed by atoms with Crippen LogP contribution in [-0.4, -0.2) is 51.4 Å². The molecule has 22 heavy (non-hydrogen) atoms. The van der Waals surface area contributed by atoms with Crippen molar-refractivity contribution in [2.24, 2.45) is 5.92 Å². The lowest BCUT2D eigenvalue weighted by atomic mass is 10.1. The van der Waals surface area contributed by atoms with E-state index in [1.807, 2.05) is 19.2 Å². The number of nitrogens with zero attached hydrogens (tertiary/aromatic N) is 1. The first kappa shape index (κ1) is 16.9. The summed E-state index contributed by atoms with van der Waals surface area (Å²) in [6.45, 7) is 2.82. The van der Waals surface area contributed by atoms with Gasteiger partial charge in [0.2, 0.25) is 0 Å². The highest BCUT2D eigenvalue weighted by atomic mass is 35.5. The van der Waals surface area contributed by atoms with Crippen molar-refractivity contribution in [1.82, 2.24) is 10.2 Å². The molecule has 0 spiro atoms. The standard InChI is InChI=1S/C16H23ClN2O3/c1-19(10-12-6-8-22-11-12)16(20)18-7-5-13-9-14(17)3-4-15(13)21-2/h3-4,9,12H,5-8,10-11H2,1-2H3,(H,18,20)/t12-/m1/s1. The third-order valence-electron chi connectivity index (χ3n) is 3.82. The Kier molecular flexibility index (Phi) is 6.34. The lowest BCUT2D eigenvalue weighted by Crippen LogP contribution is -2.40. The van der Waals surface area contributed by atoms with Gasteiger partial charge in [0.15, 0.2) is 0 Å². The summed E-state index contributed by atoms with van der Waals surface area (Å²) in [4.78, 5) is 13.8. The van der Waals surface area contributed by atoms with Crippen LogP contribution >= 0.6 is 11.6 Å². The second kappa shape index (κ2) is 8.25. The molecular weight excluding hydrogens is 304 g/mol. The molecule has 1 atom stereocenters. The van der Waals surface area contributed by atoms with Crippen molar-refractivity contribution in [3.05, 3.63) is 28.8 Å². The highest BCUT2D eigenvalue weighted by molar-refractivity contribution is 6.30. The van der Waals surface area contributed by atoms with Gasteiger partial charge >= 0.3 is 6.03 Å². The molecule has 0 unspecified atom stereocenters. The molecule has 0 aromatic heterocycles. The summed E-state index contributed by atoms with van der Waals surface area (Å²) in [5, 5.41) is 3.59. The Hall–Kier alpha value is -1.46. The maximum absolute atomic E-state index is 12.1. The molecule has 1 aromatic carbocycles. The van der Waals surface area contributed by atoms with Gasteiger partial charge in [0, 0.05) is 37.7 Å². The van der Waals surface area contributed by atoms with Crippen molar-refractivity contribution < 1.29 is 14.3 Å². The van der Waals surface area contributed by atoms with E-state index in [1.165, 1.54) is 0 Å². The third kappa shape index (κ3) is 4.78. The topological polar surface area (TPSA) is 50.8 Å². The van der Waals surface area contributed by atoms with E-state index in [9.17, 15) is 4.79 Å². The predicted octanol–water partition coefficient (Wildman–Crippen LogP) is 2.57. The zero-order valence-electron chi connectivity index (χ0n) is 13.1. The van der Waals surface area contributed by atoms with E-state index < -0.39 is 0 Å². The average Bonchev–Trinajstić information content (AvgIpc) is 3.00. The number of ether oxygens (including phenoxy) is 2. The molecule has 6 heteroatoms. The van der Waals surface area contributed by atoms with Gasteiger partial charge in [0.05, 0.1) is 13.7 Å². The molecule has 1 heterocycles. The predicted molar refractivity (Wildman–Crippen MR) is 86.7 cm³/mol. The minimum Gasteiger partial charge on any atom is -0.496 e. The van der Waals surface area contributed by atoms with E-state index in [0.717, 1.165) is 37.5 Å². The van der Waals surface area contributed by atoms with Gasteiger partial charge in [-0.1, -0.05) is 11.6 Å². The van der Waals surface area contributed by atoms with Gasteiger partial charge in [-0.2, -0.15) is 0 Å². The first-order chi connectivity index (χ1) is 10.6. The lowest BCUT2D eigenvalue weighted by molar-refractivity contribution is 0.171. The van der Waals surface area contributed by atoms with Crippen LogP contribution in [0.3, 0.4) is 0 Å². The average molecular weight is 327 g/mol. The molecule has 0 saturated carbocycles.